The van der Waals surface area contributed by atoms with Gasteiger partial charge >= 0.3 is 0 Å². The van der Waals surface area contributed by atoms with Gasteiger partial charge in [0.15, 0.2) is 0 Å². The van der Waals surface area contributed by atoms with Crippen molar-refractivity contribution in [1.29, 1.82) is 0 Å². The third-order valence-corrected chi connectivity index (χ3v) is 2.90. The number of rotatable bonds is 6. The first-order valence-corrected chi connectivity index (χ1v) is 6.49. The summed E-state index contributed by atoms with van der Waals surface area (Å²) in [5, 5.41) is 0. The van der Waals surface area contributed by atoms with Crippen molar-refractivity contribution in [2.45, 2.75) is 27.2 Å². The normalized spacial score (nSPS) is 11.4. The molecule has 0 aromatic carbocycles. The van der Waals surface area contributed by atoms with E-state index < -0.39 is 5.82 Å². The Bertz CT molecular complexity index is 434. The van der Waals surface area contributed by atoms with E-state index in [0.29, 0.717) is 19.6 Å². The SMILES string of the molecule is CCCN(CC(C)(C)CN)C(=O)c1cncc(F)c1. The smallest absolute Gasteiger partial charge is 0.255 e. The molecule has 1 aromatic heterocycles. The Hall–Kier alpha value is -1.49. The molecule has 1 amide bonds. The molecule has 1 rings (SSSR count). The number of nitrogens with zero attached hydrogens (tertiary/aromatic N) is 2. The zero-order valence-electron chi connectivity index (χ0n) is 11.8. The molecule has 0 aliphatic carbocycles. The first kappa shape index (κ1) is 15.6. The second kappa shape index (κ2) is 6.61. The average Bonchev–Trinajstić information content (AvgIpc) is 2.37. The van der Waals surface area contributed by atoms with Gasteiger partial charge in [-0.3, -0.25) is 9.78 Å². The van der Waals surface area contributed by atoms with Crippen LogP contribution < -0.4 is 5.73 Å². The van der Waals surface area contributed by atoms with Crippen LogP contribution in [0.25, 0.3) is 0 Å². The first-order valence-electron chi connectivity index (χ1n) is 6.49. The van der Waals surface area contributed by atoms with Gasteiger partial charge in [0.05, 0.1) is 11.8 Å². The minimum atomic E-state index is -0.500. The molecule has 4 nitrogen and oxygen atoms in total. The number of aromatic nitrogens is 1. The van der Waals surface area contributed by atoms with Crippen LogP contribution in [0.3, 0.4) is 0 Å². The third-order valence-electron chi connectivity index (χ3n) is 2.90. The number of nitrogens with two attached hydrogens (primary N) is 1. The van der Waals surface area contributed by atoms with Crippen molar-refractivity contribution in [1.82, 2.24) is 9.88 Å². The van der Waals surface area contributed by atoms with Gasteiger partial charge in [0.2, 0.25) is 0 Å². The van der Waals surface area contributed by atoms with E-state index in [-0.39, 0.29) is 16.9 Å². The van der Waals surface area contributed by atoms with E-state index in [2.05, 4.69) is 4.98 Å². The fourth-order valence-electron chi connectivity index (χ4n) is 1.81. The molecule has 106 valence electrons. The topological polar surface area (TPSA) is 59.2 Å². The van der Waals surface area contributed by atoms with Gasteiger partial charge in [-0.2, -0.15) is 0 Å². The number of pyridine rings is 1. The Kier molecular flexibility index (Phi) is 5.42. The average molecular weight is 267 g/mol. The van der Waals surface area contributed by atoms with Crippen molar-refractivity contribution in [3.8, 4) is 0 Å². The lowest BCUT2D eigenvalue weighted by Gasteiger charge is -2.31. The molecule has 0 unspecified atom stereocenters. The minimum Gasteiger partial charge on any atom is -0.338 e. The van der Waals surface area contributed by atoms with Crippen LogP contribution in [0.1, 0.15) is 37.6 Å². The molecule has 0 fully saturated rings. The summed E-state index contributed by atoms with van der Waals surface area (Å²) in [6.07, 6.45) is 3.32. The molecule has 0 saturated heterocycles. The van der Waals surface area contributed by atoms with Gasteiger partial charge in [-0.25, -0.2) is 4.39 Å². The maximum Gasteiger partial charge on any atom is 0.255 e. The summed E-state index contributed by atoms with van der Waals surface area (Å²) >= 11 is 0. The van der Waals surface area contributed by atoms with E-state index in [9.17, 15) is 9.18 Å². The number of hydrogen-bond donors (Lipinski definition) is 1. The molecule has 1 heterocycles. The van der Waals surface area contributed by atoms with Gasteiger partial charge in [0, 0.05) is 19.3 Å². The van der Waals surface area contributed by atoms with Crippen LogP contribution in [0.2, 0.25) is 0 Å². The zero-order valence-corrected chi connectivity index (χ0v) is 11.8. The molecule has 0 saturated carbocycles. The highest BCUT2D eigenvalue weighted by molar-refractivity contribution is 5.93. The number of amides is 1. The van der Waals surface area contributed by atoms with Crippen LogP contribution >= 0.6 is 0 Å². The van der Waals surface area contributed by atoms with Crippen molar-refractivity contribution in [3.05, 3.63) is 29.8 Å². The van der Waals surface area contributed by atoms with Crippen molar-refractivity contribution in [3.63, 3.8) is 0 Å². The highest BCUT2D eigenvalue weighted by Crippen LogP contribution is 2.17. The van der Waals surface area contributed by atoms with Crippen LogP contribution in [0.15, 0.2) is 18.5 Å². The maximum absolute atomic E-state index is 13.1. The lowest BCUT2D eigenvalue weighted by atomic mass is 9.92. The molecule has 2 N–H and O–H groups in total. The first-order chi connectivity index (χ1) is 8.89. The zero-order chi connectivity index (χ0) is 14.5. The summed E-state index contributed by atoms with van der Waals surface area (Å²) in [6.45, 7) is 7.67. The largest absolute Gasteiger partial charge is 0.338 e. The summed E-state index contributed by atoms with van der Waals surface area (Å²) in [6, 6.07) is 1.22. The van der Waals surface area contributed by atoms with Gasteiger partial charge in [0.1, 0.15) is 5.82 Å². The van der Waals surface area contributed by atoms with Gasteiger partial charge < -0.3 is 10.6 Å². The van der Waals surface area contributed by atoms with Gasteiger partial charge in [0.25, 0.3) is 5.91 Å². The summed E-state index contributed by atoms with van der Waals surface area (Å²) in [5.74, 6) is -0.698. The molecule has 0 spiro atoms. The van der Waals surface area contributed by atoms with Crippen LogP contribution in [0.4, 0.5) is 4.39 Å². The van der Waals surface area contributed by atoms with Crippen LogP contribution in [0, 0.1) is 11.2 Å². The van der Waals surface area contributed by atoms with Crippen molar-refractivity contribution >= 4 is 5.91 Å². The molecular formula is C14H22FN3O. The second-order valence-electron chi connectivity index (χ2n) is 5.49. The van der Waals surface area contributed by atoms with E-state index in [1.165, 1.54) is 12.3 Å². The third kappa shape index (κ3) is 4.59. The monoisotopic (exact) mass is 267 g/mol. The molecule has 5 heteroatoms. The summed E-state index contributed by atoms with van der Waals surface area (Å²) in [7, 11) is 0. The van der Waals surface area contributed by atoms with E-state index in [1.54, 1.807) is 4.90 Å². The van der Waals surface area contributed by atoms with Gasteiger partial charge in [-0.05, 0) is 24.4 Å². The highest BCUT2D eigenvalue weighted by atomic mass is 19.1. The lowest BCUT2D eigenvalue weighted by Crippen LogP contribution is -2.42. The Balaban J connectivity index is 2.90. The number of carbonyl (C=O) groups is 1. The van der Waals surface area contributed by atoms with Crippen molar-refractivity contribution in [2.24, 2.45) is 11.1 Å². The molecule has 0 atom stereocenters. The summed E-state index contributed by atoms with van der Waals surface area (Å²) in [5.41, 5.74) is 5.82. The molecule has 0 bridgehead atoms. The molecule has 0 aliphatic heterocycles. The number of hydrogen-bond acceptors (Lipinski definition) is 3. The predicted octanol–water partition coefficient (Wildman–Crippen LogP) is 2.06. The summed E-state index contributed by atoms with van der Waals surface area (Å²) < 4.78 is 13.1. The van der Waals surface area contributed by atoms with Crippen LogP contribution in [-0.2, 0) is 0 Å². The Morgan fingerprint density at radius 2 is 2.16 bits per heavy atom. The predicted molar refractivity (Wildman–Crippen MR) is 73.2 cm³/mol. The molecule has 19 heavy (non-hydrogen) atoms. The highest BCUT2D eigenvalue weighted by Gasteiger charge is 2.24. The minimum absolute atomic E-state index is 0.161. The Morgan fingerprint density at radius 1 is 1.47 bits per heavy atom. The second-order valence-corrected chi connectivity index (χ2v) is 5.49. The molecule has 0 radical (unpaired) electrons. The van der Waals surface area contributed by atoms with E-state index in [1.807, 2.05) is 20.8 Å². The van der Waals surface area contributed by atoms with E-state index >= 15 is 0 Å². The van der Waals surface area contributed by atoms with E-state index in [4.69, 9.17) is 5.73 Å². The fourth-order valence-corrected chi connectivity index (χ4v) is 1.81. The molecule has 1 aromatic rings. The fraction of sp³-hybridized carbons (Fsp3) is 0.571. The van der Waals surface area contributed by atoms with Crippen molar-refractivity contribution in [2.75, 3.05) is 19.6 Å². The Morgan fingerprint density at radius 3 is 2.68 bits per heavy atom. The lowest BCUT2D eigenvalue weighted by molar-refractivity contribution is 0.0688. The number of carbonyl (C=O) groups excluding carboxylic acids is 1. The van der Waals surface area contributed by atoms with Crippen molar-refractivity contribution < 1.29 is 9.18 Å². The number of halogens is 1. The maximum atomic E-state index is 13.1. The van der Waals surface area contributed by atoms with Gasteiger partial charge in [-0.1, -0.05) is 20.8 Å². The summed E-state index contributed by atoms with van der Waals surface area (Å²) in [4.78, 5) is 17.8. The quantitative estimate of drug-likeness (QED) is 0.858. The Labute approximate surface area is 113 Å². The molecule has 0 aliphatic rings. The van der Waals surface area contributed by atoms with E-state index in [0.717, 1.165) is 12.6 Å². The standard InChI is InChI=1S/C14H22FN3O/c1-4-5-18(10-14(2,3)9-16)13(19)11-6-12(15)8-17-7-11/h6-8H,4-5,9-10,16H2,1-3H3. The van der Waals surface area contributed by atoms with Crippen LogP contribution in [0.5, 0.6) is 0 Å². The van der Waals surface area contributed by atoms with Crippen LogP contribution in [-0.4, -0.2) is 35.4 Å². The van der Waals surface area contributed by atoms with Gasteiger partial charge in [-0.15, -0.1) is 0 Å². The molecular weight excluding hydrogens is 245 g/mol.